The number of benzene rings is 4. The van der Waals surface area contributed by atoms with E-state index >= 15 is 0 Å². The average molecular weight is 671 g/mol. The fourth-order valence-electron chi connectivity index (χ4n) is 8.69. The molecule has 0 spiro atoms. The molecule has 1 aromatic heterocycles. The van der Waals surface area contributed by atoms with Crippen LogP contribution in [0.1, 0.15) is 76.2 Å². The van der Waals surface area contributed by atoms with Crippen LogP contribution in [0.25, 0.3) is 10.9 Å². The van der Waals surface area contributed by atoms with Crippen LogP contribution in [-0.4, -0.2) is 43.6 Å². The Labute approximate surface area is 292 Å². The van der Waals surface area contributed by atoms with Gasteiger partial charge < -0.3 is 19.0 Å². The van der Waals surface area contributed by atoms with Crippen molar-refractivity contribution < 1.29 is 14.0 Å². The molecule has 0 saturated carbocycles. The highest BCUT2D eigenvalue weighted by molar-refractivity contribution is 6.99. The zero-order chi connectivity index (χ0) is 34.1. The third-order valence-electron chi connectivity index (χ3n) is 11.4. The molecule has 0 bridgehead atoms. The van der Waals surface area contributed by atoms with E-state index in [-0.39, 0.29) is 23.2 Å². The van der Waals surface area contributed by atoms with Gasteiger partial charge in [0.15, 0.2) is 0 Å². The largest absolute Gasteiger partial charge is 0.407 e. The molecule has 7 rings (SSSR count). The molecule has 1 amide bonds. The molecule has 6 heteroatoms. The number of nitrogens with zero attached hydrogens (tertiary/aromatic N) is 1. The number of nitrogens with one attached hydrogen (secondary N) is 1. The van der Waals surface area contributed by atoms with Crippen molar-refractivity contribution in [3.05, 3.63) is 132 Å². The summed E-state index contributed by atoms with van der Waals surface area (Å²) in [5, 5.41) is 3.77. The van der Waals surface area contributed by atoms with E-state index in [0.717, 1.165) is 49.6 Å². The molecule has 1 unspecified atom stereocenters. The summed E-state index contributed by atoms with van der Waals surface area (Å²) < 4.78 is 13.5. The van der Waals surface area contributed by atoms with Crippen LogP contribution in [0.5, 0.6) is 0 Å². The van der Waals surface area contributed by atoms with Gasteiger partial charge in [-0.15, -0.1) is 0 Å². The zero-order valence-electron chi connectivity index (χ0n) is 29.5. The number of aryl methyl sites for hydroxylation is 1. The van der Waals surface area contributed by atoms with Crippen LogP contribution in [0.3, 0.4) is 0 Å². The van der Waals surface area contributed by atoms with Crippen LogP contribution in [0.15, 0.2) is 115 Å². The Morgan fingerprint density at radius 3 is 2.10 bits per heavy atom. The molecule has 2 saturated heterocycles. The Bertz CT molecular complexity index is 1830. The number of aromatic amines is 1. The summed E-state index contributed by atoms with van der Waals surface area (Å²) in [6.07, 6.45) is 4.87. The van der Waals surface area contributed by atoms with Gasteiger partial charge in [0.25, 0.3) is 8.32 Å². The third kappa shape index (κ3) is 6.09. The van der Waals surface area contributed by atoms with E-state index in [1.807, 2.05) is 6.07 Å². The Morgan fingerprint density at radius 2 is 1.47 bits per heavy atom. The first kappa shape index (κ1) is 33.5. The van der Waals surface area contributed by atoms with E-state index in [4.69, 9.17) is 9.16 Å². The molecule has 0 aliphatic carbocycles. The van der Waals surface area contributed by atoms with Gasteiger partial charge in [-0.25, -0.2) is 0 Å². The number of amides is 1. The number of para-hydroxylation sites is 1. The Morgan fingerprint density at radius 1 is 0.857 bits per heavy atom. The maximum atomic E-state index is 14.5. The van der Waals surface area contributed by atoms with E-state index in [1.165, 1.54) is 27.0 Å². The second-order valence-corrected chi connectivity index (χ2v) is 19.3. The van der Waals surface area contributed by atoms with E-state index in [1.54, 1.807) is 0 Å². The van der Waals surface area contributed by atoms with E-state index in [9.17, 15) is 4.79 Å². The number of carbonyl (C=O) groups excluding carboxylic acids is 1. The van der Waals surface area contributed by atoms with Crippen molar-refractivity contribution in [1.82, 2.24) is 9.88 Å². The van der Waals surface area contributed by atoms with Crippen molar-refractivity contribution in [3.8, 4) is 0 Å². The maximum Gasteiger partial charge on any atom is 0.261 e. The van der Waals surface area contributed by atoms with Crippen molar-refractivity contribution in [1.29, 1.82) is 0 Å². The lowest BCUT2D eigenvalue weighted by molar-refractivity contribution is -0.158. The van der Waals surface area contributed by atoms with Gasteiger partial charge in [-0.1, -0.05) is 137 Å². The Hall–Kier alpha value is -3.97. The Balaban J connectivity index is 1.16. The summed E-state index contributed by atoms with van der Waals surface area (Å²) in [4.78, 5) is 20.4. The van der Waals surface area contributed by atoms with Crippen LogP contribution < -0.4 is 10.4 Å². The number of hydrogen-bond donors (Lipinski definition) is 1. The second-order valence-electron chi connectivity index (χ2n) is 15.0. The molecule has 5 nitrogen and oxygen atoms in total. The molecule has 49 heavy (non-hydrogen) atoms. The van der Waals surface area contributed by atoms with E-state index in [0.29, 0.717) is 13.2 Å². The first-order valence-corrected chi connectivity index (χ1v) is 20.0. The topological polar surface area (TPSA) is 54.6 Å². The Kier molecular flexibility index (Phi) is 9.40. The molecule has 1 N–H and O–H groups in total. The molecule has 2 aliphatic rings. The molecule has 254 valence electrons. The zero-order valence-corrected chi connectivity index (χ0v) is 30.5. The minimum absolute atomic E-state index is 0.0211. The van der Waals surface area contributed by atoms with Gasteiger partial charge in [-0.2, -0.15) is 0 Å². The van der Waals surface area contributed by atoms with Crippen molar-refractivity contribution >= 4 is 35.5 Å². The van der Waals surface area contributed by atoms with Crippen LogP contribution >= 0.6 is 0 Å². The van der Waals surface area contributed by atoms with Crippen molar-refractivity contribution in [3.63, 3.8) is 0 Å². The lowest BCUT2D eigenvalue weighted by Gasteiger charge is -2.44. The molecule has 0 radical (unpaired) electrons. The number of aromatic nitrogens is 1. The van der Waals surface area contributed by atoms with Crippen LogP contribution in [0.4, 0.5) is 0 Å². The van der Waals surface area contributed by atoms with Crippen LogP contribution in [0, 0.1) is 5.41 Å². The SMILES string of the molecule is CC[C@]1(CCc2[nH]c3ccccc3c2CCO[Si](c2ccccc2)(c2ccccc2)C(C)(C)C)CCC2OC[C@@H](c3ccccc3)N2C1=O. The molecule has 2 aliphatic heterocycles. The molecule has 3 heterocycles. The predicted octanol–water partition coefficient (Wildman–Crippen LogP) is 8.34. The molecular weight excluding hydrogens is 621 g/mol. The van der Waals surface area contributed by atoms with Gasteiger partial charge in [-0.05, 0) is 71.1 Å². The first-order valence-electron chi connectivity index (χ1n) is 18.1. The highest BCUT2D eigenvalue weighted by atomic mass is 28.4. The van der Waals surface area contributed by atoms with Crippen molar-refractivity contribution in [2.45, 2.75) is 83.5 Å². The van der Waals surface area contributed by atoms with Gasteiger partial charge in [-0.3, -0.25) is 4.79 Å². The number of rotatable bonds is 11. The summed E-state index contributed by atoms with van der Waals surface area (Å²) in [6, 6.07) is 40.8. The summed E-state index contributed by atoms with van der Waals surface area (Å²) in [5.41, 5.74) is 4.44. The summed E-state index contributed by atoms with van der Waals surface area (Å²) in [7, 11) is -2.66. The minimum Gasteiger partial charge on any atom is -0.407 e. The number of carbonyl (C=O) groups is 1. The number of H-pyrrole nitrogens is 1. The van der Waals surface area contributed by atoms with E-state index in [2.05, 4.69) is 147 Å². The molecule has 4 aromatic carbocycles. The third-order valence-corrected chi connectivity index (χ3v) is 16.4. The predicted molar refractivity (Wildman–Crippen MR) is 202 cm³/mol. The van der Waals surface area contributed by atoms with Crippen molar-refractivity contribution in [2.24, 2.45) is 5.41 Å². The number of hydrogen-bond acceptors (Lipinski definition) is 3. The summed E-state index contributed by atoms with van der Waals surface area (Å²) in [5.74, 6) is 0.255. The quantitative estimate of drug-likeness (QED) is 0.144. The summed E-state index contributed by atoms with van der Waals surface area (Å²) >= 11 is 0. The van der Waals surface area contributed by atoms with Gasteiger partial charge in [0, 0.05) is 28.6 Å². The fraction of sp³-hybridized carbons (Fsp3) is 0.372. The van der Waals surface area contributed by atoms with Gasteiger partial charge in [0.05, 0.1) is 12.6 Å². The van der Waals surface area contributed by atoms with Crippen molar-refractivity contribution in [2.75, 3.05) is 13.2 Å². The maximum absolute atomic E-state index is 14.5. The van der Waals surface area contributed by atoms with Gasteiger partial charge in [0.2, 0.25) is 5.91 Å². The number of fused-ring (bicyclic) bond motifs is 2. The first-order chi connectivity index (χ1) is 23.8. The monoisotopic (exact) mass is 670 g/mol. The molecule has 5 aromatic rings. The minimum atomic E-state index is -2.66. The number of piperidine rings is 1. The lowest BCUT2D eigenvalue weighted by atomic mass is 9.72. The van der Waals surface area contributed by atoms with E-state index < -0.39 is 13.7 Å². The van der Waals surface area contributed by atoms with Gasteiger partial charge in [0.1, 0.15) is 6.23 Å². The lowest BCUT2D eigenvalue weighted by Crippen LogP contribution is -2.66. The molecule has 3 atom stereocenters. The average Bonchev–Trinajstić information content (AvgIpc) is 3.73. The van der Waals surface area contributed by atoms with Crippen LogP contribution in [0.2, 0.25) is 5.04 Å². The van der Waals surface area contributed by atoms with Gasteiger partial charge >= 0.3 is 0 Å². The standard InChI is InChI=1S/C43H50N2O3Si/c1-5-43(29-26-40-45(41(43)46)39(31-47-40)32-17-9-6-10-18-32)28-25-38-36(35-23-15-16-24-37(35)44-38)27-30-48-49(42(2,3)4,33-19-11-7-12-20-33)34-21-13-8-14-22-34/h6-24,39-40,44H,5,25-31H2,1-4H3/t39-,40?,43-/m0/s1. The fourth-order valence-corrected chi connectivity index (χ4v) is 13.3. The summed E-state index contributed by atoms with van der Waals surface area (Å²) in [6.45, 7) is 10.4. The smallest absolute Gasteiger partial charge is 0.261 e. The highest BCUT2D eigenvalue weighted by Crippen LogP contribution is 2.47. The normalized spacial score (nSPS) is 21.3. The second kappa shape index (κ2) is 13.7. The molecular formula is C43H50N2O3Si. The number of ether oxygens (including phenoxy) is 1. The van der Waals surface area contributed by atoms with Crippen LogP contribution in [-0.2, 0) is 26.8 Å². The highest BCUT2D eigenvalue weighted by Gasteiger charge is 2.52. The molecule has 2 fully saturated rings.